The van der Waals surface area contributed by atoms with Gasteiger partial charge in [-0.3, -0.25) is 15.6 Å². The van der Waals surface area contributed by atoms with Crippen molar-refractivity contribution in [3.8, 4) is 0 Å². The number of hydrazine groups is 2. The van der Waals surface area contributed by atoms with Crippen LogP contribution in [0.3, 0.4) is 0 Å². The average Bonchev–Trinajstić information content (AvgIpc) is 2.75. The van der Waals surface area contributed by atoms with Crippen LogP contribution in [0.25, 0.3) is 10.8 Å². The Kier molecular flexibility index (Phi) is 5.41. The van der Waals surface area contributed by atoms with Crippen molar-refractivity contribution in [2.24, 2.45) is 0 Å². The molecule has 5 N–H and O–H groups in total. The van der Waals surface area contributed by atoms with Gasteiger partial charge in [0.1, 0.15) is 12.0 Å². The molecule has 1 fully saturated rings. The van der Waals surface area contributed by atoms with E-state index in [9.17, 15) is 4.79 Å². The Morgan fingerprint density at radius 3 is 2.55 bits per heavy atom. The number of nitrogen functional groups attached to an aromatic ring is 1. The molecule has 0 bridgehead atoms. The molecule has 2 heterocycles. The number of rotatable bonds is 5. The van der Waals surface area contributed by atoms with Gasteiger partial charge >= 0.3 is 0 Å². The zero-order valence-electron chi connectivity index (χ0n) is 16.2. The molecule has 9 nitrogen and oxygen atoms in total. The first kappa shape index (κ1) is 18.9. The fourth-order valence-corrected chi connectivity index (χ4v) is 3.26. The van der Waals surface area contributed by atoms with E-state index in [0.717, 1.165) is 37.0 Å². The standard InChI is InChI=1S/C20H24N8O/c1-27-9-11-28(12-10-27)26-19-17(21)18(22-13-23-19)24-25-20(29)16-8-4-6-14-5-2-3-7-15(14)16/h2-8,13H,9-12,21H2,1H3,(H,25,29)(H2,22,23,24,26). The summed E-state index contributed by atoms with van der Waals surface area (Å²) in [5.41, 5.74) is 15.8. The van der Waals surface area contributed by atoms with Crippen molar-refractivity contribution in [1.82, 2.24) is 25.3 Å². The van der Waals surface area contributed by atoms with Crippen LogP contribution in [0.5, 0.6) is 0 Å². The van der Waals surface area contributed by atoms with Crippen molar-refractivity contribution in [3.63, 3.8) is 0 Å². The van der Waals surface area contributed by atoms with E-state index in [2.05, 4.69) is 43.2 Å². The summed E-state index contributed by atoms with van der Waals surface area (Å²) in [5, 5.41) is 3.94. The number of benzene rings is 2. The number of amides is 1. The van der Waals surface area contributed by atoms with Crippen molar-refractivity contribution >= 4 is 34.0 Å². The number of nitrogens with one attached hydrogen (secondary N) is 3. The average molecular weight is 392 g/mol. The third-order valence-electron chi connectivity index (χ3n) is 4.98. The van der Waals surface area contributed by atoms with Crippen molar-refractivity contribution < 1.29 is 4.79 Å². The molecule has 1 aromatic heterocycles. The van der Waals surface area contributed by atoms with E-state index in [1.807, 2.05) is 36.4 Å². The molecule has 150 valence electrons. The lowest BCUT2D eigenvalue weighted by Gasteiger charge is -2.32. The second-order valence-electron chi connectivity index (χ2n) is 6.99. The fraction of sp³-hybridized carbons (Fsp3) is 0.250. The molecule has 9 heteroatoms. The van der Waals surface area contributed by atoms with Crippen molar-refractivity contribution in [2.75, 3.05) is 49.8 Å². The zero-order chi connectivity index (χ0) is 20.2. The molecule has 0 spiro atoms. The van der Waals surface area contributed by atoms with E-state index in [1.54, 1.807) is 6.07 Å². The summed E-state index contributed by atoms with van der Waals surface area (Å²) in [7, 11) is 2.09. The van der Waals surface area contributed by atoms with E-state index in [-0.39, 0.29) is 5.91 Å². The highest BCUT2D eigenvalue weighted by molar-refractivity contribution is 6.07. The van der Waals surface area contributed by atoms with Crippen molar-refractivity contribution in [3.05, 3.63) is 54.4 Å². The Morgan fingerprint density at radius 2 is 1.72 bits per heavy atom. The Balaban J connectivity index is 1.45. The molecule has 1 aliphatic heterocycles. The van der Waals surface area contributed by atoms with Gasteiger partial charge in [0.05, 0.1) is 0 Å². The van der Waals surface area contributed by atoms with Crippen LogP contribution >= 0.6 is 0 Å². The second-order valence-corrected chi connectivity index (χ2v) is 6.99. The van der Waals surface area contributed by atoms with Gasteiger partial charge in [0.2, 0.25) is 0 Å². The Labute approximate surface area is 168 Å². The van der Waals surface area contributed by atoms with E-state index >= 15 is 0 Å². The summed E-state index contributed by atoms with van der Waals surface area (Å²) < 4.78 is 0. The first-order valence-corrected chi connectivity index (χ1v) is 9.46. The molecule has 0 aliphatic carbocycles. The molecule has 0 saturated carbocycles. The van der Waals surface area contributed by atoms with Crippen LogP contribution < -0.4 is 22.0 Å². The van der Waals surface area contributed by atoms with Gasteiger partial charge in [-0.05, 0) is 23.9 Å². The van der Waals surface area contributed by atoms with Gasteiger partial charge in [-0.25, -0.2) is 15.0 Å². The molecular formula is C20H24N8O. The quantitative estimate of drug-likeness (QED) is 0.484. The van der Waals surface area contributed by atoms with Gasteiger partial charge in [0.25, 0.3) is 5.91 Å². The number of anilines is 3. The number of carbonyl (C=O) groups is 1. The number of aromatic nitrogens is 2. The largest absolute Gasteiger partial charge is 0.393 e. The van der Waals surface area contributed by atoms with Gasteiger partial charge in [0.15, 0.2) is 11.6 Å². The molecule has 2 aromatic carbocycles. The summed E-state index contributed by atoms with van der Waals surface area (Å²) in [6, 6.07) is 13.3. The van der Waals surface area contributed by atoms with Gasteiger partial charge < -0.3 is 16.1 Å². The smallest absolute Gasteiger partial charge is 0.270 e. The predicted octanol–water partition coefficient (Wildman–Crippen LogP) is 1.54. The van der Waals surface area contributed by atoms with Crippen LogP contribution in [0.15, 0.2) is 48.8 Å². The number of likely N-dealkylation sites (N-methyl/N-ethyl adjacent to an activating group) is 1. The minimum atomic E-state index is -0.270. The number of fused-ring (bicyclic) bond motifs is 1. The van der Waals surface area contributed by atoms with E-state index < -0.39 is 0 Å². The Bertz CT molecular complexity index is 1010. The second kappa shape index (κ2) is 8.29. The first-order chi connectivity index (χ1) is 14.1. The minimum absolute atomic E-state index is 0.270. The van der Waals surface area contributed by atoms with Crippen LogP contribution in [-0.2, 0) is 0 Å². The van der Waals surface area contributed by atoms with E-state index in [0.29, 0.717) is 22.9 Å². The number of piperazine rings is 1. The molecule has 3 aromatic rings. The Morgan fingerprint density at radius 1 is 1.00 bits per heavy atom. The number of hydrogen-bond acceptors (Lipinski definition) is 8. The normalized spacial score (nSPS) is 15.2. The lowest BCUT2D eigenvalue weighted by molar-refractivity contribution is 0.0964. The van der Waals surface area contributed by atoms with Crippen molar-refractivity contribution in [1.29, 1.82) is 0 Å². The molecule has 0 radical (unpaired) electrons. The Hall–Kier alpha value is -3.43. The van der Waals surface area contributed by atoms with E-state index in [4.69, 9.17) is 5.73 Å². The first-order valence-electron chi connectivity index (χ1n) is 9.46. The van der Waals surface area contributed by atoms with Gasteiger partial charge in [-0.15, -0.1) is 0 Å². The van der Waals surface area contributed by atoms with Crippen LogP contribution in [0, 0.1) is 0 Å². The summed E-state index contributed by atoms with van der Waals surface area (Å²) >= 11 is 0. The molecule has 1 amide bonds. The molecule has 0 atom stereocenters. The maximum Gasteiger partial charge on any atom is 0.270 e. The predicted molar refractivity (Wildman–Crippen MR) is 114 cm³/mol. The molecule has 1 aliphatic rings. The minimum Gasteiger partial charge on any atom is -0.393 e. The maximum absolute atomic E-state index is 12.7. The summed E-state index contributed by atoms with van der Waals surface area (Å²) in [5.74, 6) is 0.574. The van der Waals surface area contributed by atoms with Gasteiger partial charge in [-0.2, -0.15) is 0 Å². The fourth-order valence-electron chi connectivity index (χ4n) is 3.26. The van der Waals surface area contributed by atoms with Crippen LogP contribution in [0.1, 0.15) is 10.4 Å². The van der Waals surface area contributed by atoms with Gasteiger partial charge in [-0.1, -0.05) is 36.4 Å². The number of nitrogens with two attached hydrogens (primary N) is 1. The number of carbonyl (C=O) groups excluding carboxylic acids is 1. The number of hydrogen-bond donors (Lipinski definition) is 4. The lowest BCUT2D eigenvalue weighted by atomic mass is 10.0. The van der Waals surface area contributed by atoms with Crippen LogP contribution in [0.4, 0.5) is 17.3 Å². The van der Waals surface area contributed by atoms with Crippen LogP contribution in [-0.4, -0.2) is 59.0 Å². The monoisotopic (exact) mass is 392 g/mol. The zero-order valence-corrected chi connectivity index (χ0v) is 16.2. The molecule has 29 heavy (non-hydrogen) atoms. The third-order valence-corrected chi connectivity index (χ3v) is 4.98. The molecular weight excluding hydrogens is 368 g/mol. The highest BCUT2D eigenvalue weighted by Gasteiger charge is 2.17. The summed E-state index contributed by atoms with van der Waals surface area (Å²) in [4.78, 5) is 23.3. The molecule has 1 saturated heterocycles. The highest BCUT2D eigenvalue weighted by Crippen LogP contribution is 2.23. The summed E-state index contributed by atoms with van der Waals surface area (Å²) in [6.07, 6.45) is 1.40. The summed E-state index contributed by atoms with van der Waals surface area (Å²) in [6.45, 7) is 3.65. The molecule has 0 unspecified atom stereocenters. The lowest BCUT2D eigenvalue weighted by Crippen LogP contribution is -2.47. The topological polar surface area (TPSA) is 111 Å². The third kappa shape index (κ3) is 4.20. The number of nitrogens with zero attached hydrogens (tertiary/aromatic N) is 4. The SMILES string of the molecule is CN1CCN(Nc2ncnc(NNC(=O)c3cccc4ccccc34)c2N)CC1. The van der Waals surface area contributed by atoms with Crippen molar-refractivity contribution in [2.45, 2.75) is 0 Å². The molecule has 4 rings (SSSR count). The van der Waals surface area contributed by atoms with E-state index in [1.165, 1.54) is 6.33 Å². The highest BCUT2D eigenvalue weighted by atomic mass is 16.2. The maximum atomic E-state index is 12.7. The van der Waals surface area contributed by atoms with Gasteiger partial charge in [0, 0.05) is 31.7 Å². The van der Waals surface area contributed by atoms with Crippen LogP contribution in [0.2, 0.25) is 0 Å².